The molecular formula is C14H18ClF2NO2. The summed E-state index contributed by atoms with van der Waals surface area (Å²) in [5.74, 6) is -0.0143. The number of alkyl halides is 2. The van der Waals surface area contributed by atoms with Gasteiger partial charge in [-0.1, -0.05) is 11.6 Å². The van der Waals surface area contributed by atoms with Crippen LogP contribution >= 0.6 is 11.6 Å². The fraction of sp³-hybridized carbons (Fsp3) is 0.571. The zero-order valence-electron chi connectivity index (χ0n) is 11.5. The standard InChI is InChI=1S/C14H18ClF2NO2/c1-14(2)8-10(5-6-19-14)18-9-3-4-12(11(15)7-9)20-13(16)17/h3-4,7,10,13,18H,5-6,8H2,1-2H3. The predicted octanol–water partition coefficient (Wildman–Crippen LogP) is 4.31. The molecule has 3 nitrogen and oxygen atoms in total. The maximum Gasteiger partial charge on any atom is 0.387 e. The molecule has 6 heteroatoms. The van der Waals surface area contributed by atoms with Gasteiger partial charge in [0.1, 0.15) is 5.75 Å². The van der Waals surface area contributed by atoms with E-state index in [2.05, 4.69) is 10.1 Å². The number of hydrogen-bond donors (Lipinski definition) is 1. The van der Waals surface area contributed by atoms with Gasteiger partial charge in [-0.05, 0) is 44.9 Å². The molecule has 1 atom stereocenters. The molecular weight excluding hydrogens is 288 g/mol. The van der Waals surface area contributed by atoms with Gasteiger partial charge in [-0.15, -0.1) is 0 Å². The molecule has 20 heavy (non-hydrogen) atoms. The maximum absolute atomic E-state index is 12.1. The highest BCUT2D eigenvalue weighted by atomic mass is 35.5. The van der Waals surface area contributed by atoms with Crippen molar-refractivity contribution in [2.24, 2.45) is 0 Å². The zero-order valence-corrected chi connectivity index (χ0v) is 12.2. The molecule has 0 saturated carbocycles. The molecule has 0 radical (unpaired) electrons. The van der Waals surface area contributed by atoms with E-state index in [0.717, 1.165) is 18.5 Å². The Bertz CT molecular complexity index is 468. The molecule has 2 rings (SSSR count). The molecule has 1 aromatic rings. The number of hydrogen-bond acceptors (Lipinski definition) is 3. The lowest BCUT2D eigenvalue weighted by atomic mass is 9.94. The molecule has 0 bridgehead atoms. The second kappa shape index (κ2) is 6.14. The van der Waals surface area contributed by atoms with Crippen molar-refractivity contribution in [2.75, 3.05) is 11.9 Å². The molecule has 1 unspecified atom stereocenters. The van der Waals surface area contributed by atoms with E-state index >= 15 is 0 Å². The summed E-state index contributed by atoms with van der Waals surface area (Å²) >= 11 is 5.92. The third-order valence-corrected chi connectivity index (χ3v) is 3.51. The first-order chi connectivity index (χ1) is 9.35. The van der Waals surface area contributed by atoms with E-state index in [1.165, 1.54) is 6.07 Å². The Morgan fingerprint density at radius 3 is 2.80 bits per heavy atom. The van der Waals surface area contributed by atoms with Gasteiger partial charge in [0.15, 0.2) is 0 Å². The number of anilines is 1. The average Bonchev–Trinajstić information content (AvgIpc) is 2.31. The summed E-state index contributed by atoms with van der Waals surface area (Å²) in [7, 11) is 0. The normalized spacial score (nSPS) is 21.8. The summed E-state index contributed by atoms with van der Waals surface area (Å²) in [4.78, 5) is 0. The van der Waals surface area contributed by atoms with E-state index in [0.29, 0.717) is 6.61 Å². The van der Waals surface area contributed by atoms with Crippen LogP contribution in [0.1, 0.15) is 26.7 Å². The van der Waals surface area contributed by atoms with Crippen LogP contribution in [-0.2, 0) is 4.74 Å². The molecule has 1 fully saturated rings. The minimum Gasteiger partial charge on any atom is -0.433 e. The number of rotatable bonds is 4. The van der Waals surface area contributed by atoms with Gasteiger partial charge < -0.3 is 14.8 Å². The average molecular weight is 306 g/mol. The van der Waals surface area contributed by atoms with E-state index < -0.39 is 6.61 Å². The van der Waals surface area contributed by atoms with E-state index in [1.807, 2.05) is 13.8 Å². The molecule has 1 aromatic carbocycles. The van der Waals surface area contributed by atoms with Crippen LogP contribution in [0, 0.1) is 0 Å². The van der Waals surface area contributed by atoms with Gasteiger partial charge in [0.2, 0.25) is 0 Å². The lowest BCUT2D eigenvalue weighted by Crippen LogP contribution is -2.40. The van der Waals surface area contributed by atoms with Crippen molar-refractivity contribution in [1.82, 2.24) is 0 Å². The molecule has 0 amide bonds. The Balaban J connectivity index is 2.01. The first kappa shape index (κ1) is 15.3. The van der Waals surface area contributed by atoms with Crippen molar-refractivity contribution in [3.63, 3.8) is 0 Å². The summed E-state index contributed by atoms with van der Waals surface area (Å²) in [6.07, 6.45) is 1.77. The number of ether oxygens (including phenoxy) is 2. The fourth-order valence-corrected chi connectivity index (χ4v) is 2.60. The number of nitrogens with one attached hydrogen (secondary N) is 1. The van der Waals surface area contributed by atoms with Crippen LogP contribution in [-0.4, -0.2) is 24.9 Å². The molecule has 0 aliphatic carbocycles. The number of halogens is 3. The minimum atomic E-state index is -2.87. The van der Waals surface area contributed by atoms with Gasteiger partial charge in [-0.25, -0.2) is 0 Å². The molecule has 1 heterocycles. The van der Waals surface area contributed by atoms with Crippen molar-refractivity contribution in [3.05, 3.63) is 23.2 Å². The van der Waals surface area contributed by atoms with Gasteiger partial charge in [0.05, 0.1) is 10.6 Å². The van der Waals surface area contributed by atoms with Gasteiger partial charge in [-0.3, -0.25) is 0 Å². The maximum atomic E-state index is 12.1. The fourth-order valence-electron chi connectivity index (χ4n) is 2.37. The van der Waals surface area contributed by atoms with Crippen molar-refractivity contribution in [3.8, 4) is 5.75 Å². The third-order valence-electron chi connectivity index (χ3n) is 3.22. The Morgan fingerprint density at radius 2 is 2.20 bits per heavy atom. The monoisotopic (exact) mass is 305 g/mol. The van der Waals surface area contributed by atoms with Crippen LogP contribution in [0.25, 0.3) is 0 Å². The lowest BCUT2D eigenvalue weighted by molar-refractivity contribution is -0.0554. The highest BCUT2D eigenvalue weighted by Crippen LogP contribution is 2.31. The van der Waals surface area contributed by atoms with Crippen LogP contribution in [0.15, 0.2) is 18.2 Å². The van der Waals surface area contributed by atoms with Gasteiger partial charge in [0.25, 0.3) is 0 Å². The summed E-state index contributed by atoms with van der Waals surface area (Å²) in [6.45, 7) is 1.92. The highest BCUT2D eigenvalue weighted by molar-refractivity contribution is 6.32. The summed E-state index contributed by atoms with van der Waals surface area (Å²) < 4.78 is 34.3. The Kier molecular flexibility index (Phi) is 4.70. The zero-order chi connectivity index (χ0) is 14.8. The smallest absolute Gasteiger partial charge is 0.387 e. The summed E-state index contributed by atoms with van der Waals surface area (Å²) in [5.41, 5.74) is 0.637. The Labute approximate surface area is 122 Å². The minimum absolute atomic E-state index is 0.0143. The van der Waals surface area contributed by atoms with Crippen molar-refractivity contribution >= 4 is 17.3 Å². The molecule has 1 saturated heterocycles. The summed E-state index contributed by atoms with van der Waals surface area (Å²) in [5, 5.41) is 3.52. The first-order valence-corrected chi connectivity index (χ1v) is 6.88. The van der Waals surface area contributed by atoms with Crippen molar-refractivity contribution in [1.29, 1.82) is 0 Å². The van der Waals surface area contributed by atoms with Crippen LogP contribution in [0.2, 0.25) is 5.02 Å². The largest absolute Gasteiger partial charge is 0.433 e. The molecule has 1 aliphatic heterocycles. The van der Waals surface area contributed by atoms with E-state index in [1.54, 1.807) is 12.1 Å². The topological polar surface area (TPSA) is 30.5 Å². The number of benzene rings is 1. The van der Waals surface area contributed by atoms with Crippen LogP contribution in [0.3, 0.4) is 0 Å². The predicted molar refractivity (Wildman–Crippen MR) is 74.8 cm³/mol. The first-order valence-electron chi connectivity index (χ1n) is 6.50. The van der Waals surface area contributed by atoms with Gasteiger partial charge >= 0.3 is 6.61 Å². The lowest BCUT2D eigenvalue weighted by Gasteiger charge is -2.36. The highest BCUT2D eigenvalue weighted by Gasteiger charge is 2.28. The molecule has 112 valence electrons. The van der Waals surface area contributed by atoms with Crippen LogP contribution in [0.5, 0.6) is 5.75 Å². The summed E-state index contributed by atoms with van der Waals surface area (Å²) in [6, 6.07) is 5.01. The van der Waals surface area contributed by atoms with E-state index in [-0.39, 0.29) is 22.4 Å². The Hall–Kier alpha value is -1.07. The molecule has 1 aliphatic rings. The second-order valence-corrected chi connectivity index (χ2v) is 5.87. The molecule has 0 aromatic heterocycles. The quantitative estimate of drug-likeness (QED) is 0.899. The van der Waals surface area contributed by atoms with E-state index in [4.69, 9.17) is 16.3 Å². The van der Waals surface area contributed by atoms with Gasteiger partial charge in [0, 0.05) is 18.3 Å². The molecule has 1 N–H and O–H groups in total. The molecule has 0 spiro atoms. The van der Waals surface area contributed by atoms with Gasteiger partial charge in [-0.2, -0.15) is 8.78 Å². The SMILES string of the molecule is CC1(C)CC(Nc2ccc(OC(F)F)c(Cl)c2)CCO1. The second-order valence-electron chi connectivity index (χ2n) is 5.47. The van der Waals surface area contributed by atoms with Crippen molar-refractivity contribution in [2.45, 2.75) is 44.9 Å². The van der Waals surface area contributed by atoms with Crippen LogP contribution < -0.4 is 10.1 Å². The third kappa shape index (κ3) is 4.21. The van der Waals surface area contributed by atoms with Crippen molar-refractivity contribution < 1.29 is 18.3 Å². The Morgan fingerprint density at radius 1 is 1.45 bits per heavy atom. The van der Waals surface area contributed by atoms with E-state index in [9.17, 15) is 8.78 Å². The van der Waals surface area contributed by atoms with Crippen LogP contribution in [0.4, 0.5) is 14.5 Å².